The van der Waals surface area contributed by atoms with E-state index >= 15 is 0 Å². The number of aromatic hydroxyl groups is 1. The van der Waals surface area contributed by atoms with E-state index in [1.807, 2.05) is 20.8 Å². The molecule has 1 aromatic rings. The van der Waals surface area contributed by atoms with Crippen LogP contribution in [0.1, 0.15) is 106 Å². The van der Waals surface area contributed by atoms with Crippen LogP contribution < -0.4 is 15.4 Å². The fourth-order valence-electron chi connectivity index (χ4n) is 5.52. The van der Waals surface area contributed by atoms with Gasteiger partial charge in [0, 0.05) is 18.0 Å². The van der Waals surface area contributed by atoms with E-state index in [0.29, 0.717) is 18.6 Å². The summed E-state index contributed by atoms with van der Waals surface area (Å²) in [6.45, 7) is 6.83. The van der Waals surface area contributed by atoms with Crippen molar-refractivity contribution in [2.24, 2.45) is 0 Å². The van der Waals surface area contributed by atoms with Crippen LogP contribution in [0.2, 0.25) is 0 Å². The van der Waals surface area contributed by atoms with Gasteiger partial charge >= 0.3 is 0 Å². The Labute approximate surface area is 216 Å². The lowest BCUT2D eigenvalue weighted by atomic mass is 9.86. The number of hydrogen-bond donors (Lipinski definition) is 4. The number of aliphatic hydroxyl groups excluding tert-OH is 1. The molecule has 36 heavy (non-hydrogen) atoms. The molecule has 2 amide bonds. The number of phenols is 1. The normalized spacial score (nSPS) is 22.8. The molecule has 0 bridgehead atoms. The second kappa shape index (κ2) is 12.8. The molecule has 1 aromatic carbocycles. The Balaban J connectivity index is 1.64. The van der Waals surface area contributed by atoms with Gasteiger partial charge in [0.1, 0.15) is 17.5 Å². The van der Waals surface area contributed by atoms with Crippen LogP contribution in [0, 0.1) is 20.8 Å². The molecule has 1 heterocycles. The van der Waals surface area contributed by atoms with Crippen LogP contribution >= 0.6 is 0 Å². The maximum absolute atomic E-state index is 13.3. The van der Waals surface area contributed by atoms with Crippen molar-refractivity contribution in [3.8, 4) is 11.5 Å². The van der Waals surface area contributed by atoms with Crippen molar-refractivity contribution in [2.45, 2.75) is 129 Å². The van der Waals surface area contributed by atoms with Crippen molar-refractivity contribution in [1.29, 1.82) is 0 Å². The number of ether oxygens (including phenoxy) is 1. The van der Waals surface area contributed by atoms with Gasteiger partial charge < -0.3 is 25.6 Å². The lowest BCUT2D eigenvalue weighted by Gasteiger charge is -2.37. The molecule has 4 N–H and O–H groups in total. The van der Waals surface area contributed by atoms with E-state index in [4.69, 9.17) is 4.74 Å². The molecule has 0 aromatic heterocycles. The second-order valence-corrected chi connectivity index (χ2v) is 11.0. The van der Waals surface area contributed by atoms with Crippen LogP contribution in [0.25, 0.3) is 0 Å². The Morgan fingerprint density at radius 3 is 2.06 bits per heavy atom. The van der Waals surface area contributed by atoms with E-state index in [-0.39, 0.29) is 17.7 Å². The number of nitrogens with one attached hydrogen (secondary N) is 2. The fourth-order valence-corrected chi connectivity index (χ4v) is 5.52. The van der Waals surface area contributed by atoms with E-state index in [1.54, 1.807) is 6.92 Å². The first kappa shape index (κ1) is 28.3. The Morgan fingerprint density at radius 1 is 0.944 bits per heavy atom. The van der Waals surface area contributed by atoms with Crippen LogP contribution in [-0.4, -0.2) is 46.3 Å². The molecule has 7 heteroatoms. The molecule has 1 aliphatic carbocycles. The van der Waals surface area contributed by atoms with Crippen molar-refractivity contribution in [3.05, 3.63) is 22.3 Å². The summed E-state index contributed by atoms with van der Waals surface area (Å²) in [6.07, 6.45) is 13.8. The fraction of sp³-hybridized carbons (Fsp3) is 0.724. The number of carbonyl (C=O) groups is 2. The quantitative estimate of drug-likeness (QED) is 0.468. The summed E-state index contributed by atoms with van der Waals surface area (Å²) >= 11 is 0. The number of fused-ring (bicyclic) bond motifs is 1. The monoisotopic (exact) mass is 502 g/mol. The smallest absolute Gasteiger partial charge is 0.264 e. The highest BCUT2D eigenvalue weighted by Gasteiger charge is 2.42. The van der Waals surface area contributed by atoms with Crippen LogP contribution in [0.4, 0.5) is 0 Å². The molecule has 1 saturated carbocycles. The zero-order chi connectivity index (χ0) is 26.3. The van der Waals surface area contributed by atoms with Crippen molar-refractivity contribution in [3.63, 3.8) is 0 Å². The van der Waals surface area contributed by atoms with Crippen molar-refractivity contribution >= 4 is 11.8 Å². The molecule has 2 aliphatic rings. The molecule has 0 saturated heterocycles. The third-order valence-electron chi connectivity index (χ3n) is 8.26. The highest BCUT2D eigenvalue weighted by atomic mass is 16.5. The van der Waals surface area contributed by atoms with Gasteiger partial charge in [0.25, 0.3) is 5.91 Å². The summed E-state index contributed by atoms with van der Waals surface area (Å²) in [5, 5.41) is 26.2. The number of carbonyl (C=O) groups excluding carboxylic acids is 2. The van der Waals surface area contributed by atoms with Gasteiger partial charge in [0.05, 0.1) is 6.61 Å². The van der Waals surface area contributed by atoms with Crippen molar-refractivity contribution < 1.29 is 24.5 Å². The van der Waals surface area contributed by atoms with Gasteiger partial charge in [0.2, 0.25) is 5.91 Å². The first-order valence-corrected chi connectivity index (χ1v) is 13.9. The molecular weight excluding hydrogens is 456 g/mol. The second-order valence-electron chi connectivity index (χ2n) is 11.0. The molecule has 1 fully saturated rings. The number of benzene rings is 1. The van der Waals surface area contributed by atoms with Gasteiger partial charge in [-0.05, 0) is 63.6 Å². The van der Waals surface area contributed by atoms with E-state index in [2.05, 4.69) is 10.6 Å². The minimum atomic E-state index is -1.17. The average Bonchev–Trinajstić information content (AvgIpc) is 2.86. The standard InChI is InChI=1S/C29H46N2O5/c1-19-20(2)26-23(21(3)25(19)33)16-17-29(4,36-26)28(35)31-24(18-32)27(34)30-22-14-12-10-8-6-5-7-9-11-13-15-22/h22,24,32-33H,5-18H2,1-4H3,(H,30,34)(H,31,35). The molecule has 3 rings (SSSR count). The van der Waals surface area contributed by atoms with Gasteiger partial charge in [-0.3, -0.25) is 9.59 Å². The third kappa shape index (κ3) is 6.72. The van der Waals surface area contributed by atoms with E-state index in [9.17, 15) is 19.8 Å². The molecule has 202 valence electrons. The Hall–Kier alpha value is -2.28. The highest BCUT2D eigenvalue weighted by molar-refractivity contribution is 5.92. The van der Waals surface area contributed by atoms with Gasteiger partial charge in [-0.1, -0.05) is 57.8 Å². The predicted molar refractivity (Wildman–Crippen MR) is 141 cm³/mol. The zero-order valence-corrected chi connectivity index (χ0v) is 22.7. The first-order valence-electron chi connectivity index (χ1n) is 13.9. The SMILES string of the molecule is Cc1c(C)c2c(c(C)c1O)CCC(C)(C(=O)NC(CO)C(=O)NC1CCCCCCCCCCC1)O2. The van der Waals surface area contributed by atoms with Gasteiger partial charge in [-0.25, -0.2) is 0 Å². The van der Waals surface area contributed by atoms with Crippen molar-refractivity contribution in [1.82, 2.24) is 10.6 Å². The van der Waals surface area contributed by atoms with E-state index < -0.39 is 24.2 Å². The third-order valence-corrected chi connectivity index (χ3v) is 8.26. The van der Waals surface area contributed by atoms with E-state index in [0.717, 1.165) is 47.9 Å². The van der Waals surface area contributed by atoms with E-state index in [1.165, 1.54) is 44.9 Å². The number of hydrogen-bond acceptors (Lipinski definition) is 5. The number of rotatable bonds is 5. The Morgan fingerprint density at radius 2 is 1.50 bits per heavy atom. The minimum absolute atomic E-state index is 0.0672. The number of amides is 2. The summed E-state index contributed by atoms with van der Waals surface area (Å²) in [5.41, 5.74) is 2.07. The summed E-state index contributed by atoms with van der Waals surface area (Å²) in [7, 11) is 0. The minimum Gasteiger partial charge on any atom is -0.507 e. The van der Waals surface area contributed by atoms with Crippen LogP contribution in [0.5, 0.6) is 11.5 Å². The van der Waals surface area contributed by atoms with Gasteiger partial charge in [-0.15, -0.1) is 0 Å². The largest absolute Gasteiger partial charge is 0.507 e. The molecule has 7 nitrogen and oxygen atoms in total. The maximum Gasteiger partial charge on any atom is 0.264 e. The molecule has 2 atom stereocenters. The highest BCUT2D eigenvalue weighted by Crippen LogP contribution is 2.43. The van der Waals surface area contributed by atoms with Crippen LogP contribution in [-0.2, 0) is 16.0 Å². The number of phenolic OH excluding ortho intramolecular Hbond substituents is 1. The predicted octanol–water partition coefficient (Wildman–Crippen LogP) is 4.67. The summed E-state index contributed by atoms with van der Waals surface area (Å²) in [4.78, 5) is 26.4. The first-order chi connectivity index (χ1) is 17.2. The molecule has 1 aliphatic heterocycles. The lowest BCUT2D eigenvalue weighted by Crippen LogP contribution is -2.58. The summed E-state index contributed by atoms with van der Waals surface area (Å²) in [5.74, 6) is 0.149. The molecule has 0 spiro atoms. The van der Waals surface area contributed by atoms with Crippen LogP contribution in [0.3, 0.4) is 0 Å². The molecule has 2 unspecified atom stereocenters. The maximum atomic E-state index is 13.3. The van der Waals surface area contributed by atoms with Crippen LogP contribution in [0.15, 0.2) is 0 Å². The average molecular weight is 503 g/mol. The van der Waals surface area contributed by atoms with Crippen molar-refractivity contribution in [2.75, 3.05) is 6.61 Å². The summed E-state index contributed by atoms with van der Waals surface area (Å²) in [6, 6.07) is -0.956. The van der Waals surface area contributed by atoms with Gasteiger partial charge in [-0.2, -0.15) is 0 Å². The number of aliphatic hydroxyl groups is 1. The van der Waals surface area contributed by atoms with Gasteiger partial charge in [0.15, 0.2) is 5.60 Å². The summed E-state index contributed by atoms with van der Waals surface area (Å²) < 4.78 is 6.25. The molecular formula is C29H46N2O5. The lowest BCUT2D eigenvalue weighted by molar-refractivity contribution is -0.141. The zero-order valence-electron chi connectivity index (χ0n) is 22.7. The molecule has 0 radical (unpaired) electrons. The topological polar surface area (TPSA) is 108 Å². The Bertz CT molecular complexity index is 919. The Kier molecular flexibility index (Phi) is 10.1.